The molecule has 1 N–H and O–H groups in total. The van der Waals surface area contributed by atoms with Crippen LogP contribution in [0.5, 0.6) is 0 Å². The van der Waals surface area contributed by atoms with Gasteiger partial charge in [-0.2, -0.15) is 0 Å². The van der Waals surface area contributed by atoms with Crippen LogP contribution < -0.4 is 5.32 Å². The molecule has 3 fully saturated rings. The lowest BCUT2D eigenvalue weighted by molar-refractivity contribution is -0.135. The summed E-state index contributed by atoms with van der Waals surface area (Å²) >= 11 is 0. The van der Waals surface area contributed by atoms with E-state index in [0.717, 1.165) is 64.6 Å². The summed E-state index contributed by atoms with van der Waals surface area (Å²) in [6.45, 7) is 10.7. The van der Waals surface area contributed by atoms with Crippen LogP contribution in [0.2, 0.25) is 0 Å². The third-order valence-corrected chi connectivity index (χ3v) is 7.30. The lowest BCUT2D eigenvalue weighted by Crippen LogP contribution is -2.57. The minimum Gasteiger partial charge on any atom is -0.355 e. The van der Waals surface area contributed by atoms with Gasteiger partial charge in [0, 0.05) is 58.3 Å². The van der Waals surface area contributed by atoms with Crippen molar-refractivity contribution >= 4 is 11.9 Å². The van der Waals surface area contributed by atoms with E-state index in [9.17, 15) is 4.79 Å². The summed E-state index contributed by atoms with van der Waals surface area (Å²) in [5.41, 5.74) is 3.13. The van der Waals surface area contributed by atoms with Crippen molar-refractivity contribution in [1.82, 2.24) is 20.0 Å². The zero-order valence-electron chi connectivity index (χ0n) is 18.9. The highest BCUT2D eigenvalue weighted by molar-refractivity contribution is 5.82. The lowest BCUT2D eigenvalue weighted by Gasteiger charge is -2.39. The molecule has 0 aromatic heterocycles. The molecular formula is C24H37N5O. The molecule has 2 aliphatic heterocycles. The molecule has 1 amide bonds. The topological polar surface area (TPSA) is 51.2 Å². The molecule has 1 saturated carbocycles. The van der Waals surface area contributed by atoms with Crippen LogP contribution in [0, 0.1) is 6.92 Å². The largest absolute Gasteiger partial charge is 0.355 e. The number of piperazine rings is 1. The van der Waals surface area contributed by atoms with E-state index in [1.54, 1.807) is 0 Å². The van der Waals surface area contributed by atoms with Crippen LogP contribution in [0.15, 0.2) is 29.3 Å². The number of likely N-dealkylation sites (tertiary alicyclic amines) is 1. The van der Waals surface area contributed by atoms with Gasteiger partial charge < -0.3 is 15.1 Å². The summed E-state index contributed by atoms with van der Waals surface area (Å²) in [5, 5.41) is 3.66. The third-order valence-electron chi connectivity index (χ3n) is 7.30. The molecule has 1 atom stereocenters. The molecule has 6 heteroatoms. The van der Waals surface area contributed by atoms with Crippen LogP contribution in [0.25, 0.3) is 0 Å². The van der Waals surface area contributed by atoms with Crippen molar-refractivity contribution < 1.29 is 4.79 Å². The summed E-state index contributed by atoms with van der Waals surface area (Å²) in [7, 11) is 1.88. The average Bonchev–Trinajstić information content (AvgIpc) is 3.35. The highest BCUT2D eigenvalue weighted by atomic mass is 16.2. The summed E-state index contributed by atoms with van der Waals surface area (Å²) in [6, 6.07) is 8.76. The highest BCUT2D eigenvalue weighted by Gasteiger charge is 2.45. The van der Waals surface area contributed by atoms with Gasteiger partial charge >= 0.3 is 0 Å². The minimum atomic E-state index is -0.0176. The van der Waals surface area contributed by atoms with Crippen LogP contribution >= 0.6 is 0 Å². The number of nitrogens with zero attached hydrogens (tertiary/aromatic N) is 4. The quantitative estimate of drug-likeness (QED) is 0.596. The van der Waals surface area contributed by atoms with E-state index < -0.39 is 0 Å². The first kappa shape index (κ1) is 21.2. The van der Waals surface area contributed by atoms with Gasteiger partial charge in [-0.1, -0.05) is 24.3 Å². The maximum Gasteiger partial charge on any atom is 0.239 e. The number of guanidine groups is 1. The van der Waals surface area contributed by atoms with E-state index in [1.165, 1.54) is 24.0 Å². The van der Waals surface area contributed by atoms with Crippen LogP contribution in [0.4, 0.5) is 0 Å². The fourth-order valence-corrected chi connectivity index (χ4v) is 5.12. The van der Waals surface area contributed by atoms with Crippen molar-refractivity contribution in [3.63, 3.8) is 0 Å². The molecule has 3 aliphatic rings. The van der Waals surface area contributed by atoms with E-state index in [0.29, 0.717) is 5.91 Å². The number of benzene rings is 1. The van der Waals surface area contributed by atoms with Crippen molar-refractivity contribution in [1.29, 1.82) is 0 Å². The summed E-state index contributed by atoms with van der Waals surface area (Å²) in [6.07, 6.45) is 4.79. The molecule has 2 saturated heterocycles. The first-order valence-corrected chi connectivity index (χ1v) is 11.6. The Balaban J connectivity index is 1.29. The molecule has 0 radical (unpaired) electrons. The molecular weight excluding hydrogens is 374 g/mol. The number of hydrogen-bond acceptors (Lipinski definition) is 3. The predicted octanol–water partition coefficient (Wildman–Crippen LogP) is 2.23. The summed E-state index contributed by atoms with van der Waals surface area (Å²) in [4.78, 5) is 24.0. The second-order valence-electron chi connectivity index (χ2n) is 9.23. The zero-order valence-corrected chi connectivity index (χ0v) is 18.9. The molecule has 0 bridgehead atoms. The smallest absolute Gasteiger partial charge is 0.239 e. The highest BCUT2D eigenvalue weighted by Crippen LogP contribution is 2.48. The number of carbonyl (C=O) groups excluding carboxylic acids is 1. The first-order valence-electron chi connectivity index (χ1n) is 11.6. The van der Waals surface area contributed by atoms with Crippen LogP contribution in [-0.4, -0.2) is 85.5 Å². The molecule has 0 spiro atoms. The zero-order chi connectivity index (χ0) is 21.1. The first-order chi connectivity index (χ1) is 14.5. The number of rotatable bonds is 5. The van der Waals surface area contributed by atoms with Crippen molar-refractivity contribution in [3.05, 3.63) is 35.4 Å². The van der Waals surface area contributed by atoms with E-state index in [1.807, 2.05) is 11.9 Å². The van der Waals surface area contributed by atoms with Crippen molar-refractivity contribution in [3.8, 4) is 0 Å². The number of aliphatic imine (C=N–C) groups is 1. The number of amides is 1. The van der Waals surface area contributed by atoms with E-state index in [2.05, 4.69) is 58.2 Å². The monoisotopic (exact) mass is 411 g/mol. The Labute approximate surface area is 181 Å². The Kier molecular flexibility index (Phi) is 6.32. The van der Waals surface area contributed by atoms with Crippen molar-refractivity contribution in [2.24, 2.45) is 4.99 Å². The maximum absolute atomic E-state index is 12.7. The molecule has 1 aromatic carbocycles. The number of carbonyl (C=O) groups is 1. The standard InChI is InChI=1S/C24H37N5O/c1-19-8-4-5-9-21(19)24(10-11-24)18-26-23(25-3)29-16-14-27(15-17-29)20(2)22(30)28-12-6-7-13-28/h4-5,8-9,20H,6-7,10-18H2,1-3H3,(H,25,26). The van der Waals surface area contributed by atoms with Gasteiger partial charge in [0.15, 0.2) is 5.96 Å². The normalized spacial score (nSPS) is 22.8. The fraction of sp³-hybridized carbons (Fsp3) is 0.667. The molecule has 1 unspecified atom stereocenters. The molecule has 30 heavy (non-hydrogen) atoms. The second-order valence-corrected chi connectivity index (χ2v) is 9.23. The van der Waals surface area contributed by atoms with E-state index in [-0.39, 0.29) is 11.5 Å². The fourth-order valence-electron chi connectivity index (χ4n) is 5.12. The van der Waals surface area contributed by atoms with Crippen molar-refractivity contribution in [2.45, 2.75) is 51.0 Å². The lowest BCUT2D eigenvalue weighted by atomic mass is 9.92. The van der Waals surface area contributed by atoms with Gasteiger partial charge in [-0.05, 0) is 50.7 Å². The molecule has 2 heterocycles. The summed E-state index contributed by atoms with van der Waals surface area (Å²) < 4.78 is 0. The van der Waals surface area contributed by atoms with E-state index in [4.69, 9.17) is 0 Å². The maximum atomic E-state index is 12.7. The molecule has 6 nitrogen and oxygen atoms in total. The third kappa shape index (κ3) is 4.34. The van der Waals surface area contributed by atoms with Gasteiger partial charge in [-0.3, -0.25) is 14.7 Å². The SMILES string of the molecule is CN=C(NCC1(c2ccccc2C)CC1)N1CCN(C(C)C(=O)N2CCCC2)CC1. The Hall–Kier alpha value is -2.08. The molecule has 4 rings (SSSR count). The van der Waals surface area contributed by atoms with Crippen LogP contribution in [0.3, 0.4) is 0 Å². The molecule has 164 valence electrons. The van der Waals surface area contributed by atoms with Gasteiger partial charge in [0.1, 0.15) is 0 Å². The van der Waals surface area contributed by atoms with Gasteiger partial charge in [0.25, 0.3) is 0 Å². The Bertz CT molecular complexity index is 774. The van der Waals surface area contributed by atoms with Gasteiger partial charge in [-0.25, -0.2) is 0 Å². The van der Waals surface area contributed by atoms with Gasteiger partial charge in [-0.15, -0.1) is 0 Å². The Morgan fingerprint density at radius 3 is 2.33 bits per heavy atom. The number of hydrogen-bond donors (Lipinski definition) is 1. The van der Waals surface area contributed by atoms with E-state index >= 15 is 0 Å². The molecule has 1 aromatic rings. The predicted molar refractivity (Wildman–Crippen MR) is 122 cm³/mol. The van der Waals surface area contributed by atoms with Gasteiger partial charge in [0.2, 0.25) is 5.91 Å². The Morgan fingerprint density at radius 1 is 1.07 bits per heavy atom. The second kappa shape index (κ2) is 8.96. The minimum absolute atomic E-state index is 0.0176. The average molecular weight is 412 g/mol. The number of nitrogens with one attached hydrogen (secondary N) is 1. The van der Waals surface area contributed by atoms with Crippen LogP contribution in [-0.2, 0) is 10.2 Å². The van der Waals surface area contributed by atoms with Gasteiger partial charge in [0.05, 0.1) is 6.04 Å². The summed E-state index contributed by atoms with van der Waals surface area (Å²) in [5.74, 6) is 1.30. The van der Waals surface area contributed by atoms with Crippen molar-refractivity contribution in [2.75, 3.05) is 52.9 Å². The molecule has 1 aliphatic carbocycles. The van der Waals surface area contributed by atoms with Crippen LogP contribution in [0.1, 0.15) is 43.7 Å². The Morgan fingerprint density at radius 2 is 1.73 bits per heavy atom. The number of aryl methyl sites for hydroxylation is 1.